The van der Waals surface area contributed by atoms with Crippen molar-refractivity contribution in [2.45, 2.75) is 25.4 Å². The first-order valence-electron chi connectivity index (χ1n) is 8.64. The molecule has 0 radical (unpaired) electrons. The Morgan fingerprint density at radius 1 is 1.14 bits per heavy atom. The molecule has 1 saturated heterocycles. The number of nitrogens with one attached hydrogen (secondary N) is 1. The largest absolute Gasteiger partial charge is 0.432 e. The van der Waals surface area contributed by atoms with E-state index < -0.39 is 34.6 Å². The minimum Gasteiger partial charge on any atom is -0.348 e. The van der Waals surface area contributed by atoms with E-state index in [1.165, 1.54) is 0 Å². The van der Waals surface area contributed by atoms with Gasteiger partial charge in [0.05, 0.1) is 9.72 Å². The minimum absolute atomic E-state index is 0.00442. The summed E-state index contributed by atoms with van der Waals surface area (Å²) in [6, 6.07) is 1.03. The Kier molecular flexibility index (Phi) is 4.89. The molecular formula is C17H13ClF4N4O2S. The van der Waals surface area contributed by atoms with Crippen molar-refractivity contribution in [3.63, 3.8) is 0 Å². The Morgan fingerprint density at radius 2 is 1.83 bits per heavy atom. The molecular weight excluding hydrogens is 436 g/mol. The predicted octanol–water partition coefficient (Wildman–Crippen LogP) is 3.94. The number of benzene rings is 1. The lowest BCUT2D eigenvalue weighted by Gasteiger charge is -2.25. The average molecular weight is 449 g/mol. The number of fused-ring (bicyclic) bond motifs is 1. The molecule has 0 atom stereocenters. The summed E-state index contributed by atoms with van der Waals surface area (Å²) in [5.74, 6) is -1.13. The highest BCUT2D eigenvalue weighted by Crippen LogP contribution is 2.40. The lowest BCUT2D eigenvalue weighted by Crippen LogP contribution is -2.34. The number of aromatic nitrogens is 3. The Hall–Kier alpha value is -2.40. The molecule has 0 saturated carbocycles. The number of anilines is 1. The average Bonchev–Trinajstić information content (AvgIpc) is 3.08. The predicted molar refractivity (Wildman–Crippen MR) is 102 cm³/mol. The molecule has 4 rings (SSSR count). The second-order valence-corrected chi connectivity index (χ2v) is 7.95. The van der Waals surface area contributed by atoms with E-state index in [4.69, 9.17) is 11.6 Å². The number of halogens is 5. The lowest BCUT2D eigenvalue weighted by molar-refractivity contribution is -0.143. The van der Waals surface area contributed by atoms with Gasteiger partial charge in [0.15, 0.2) is 5.13 Å². The first-order valence-corrected chi connectivity index (χ1v) is 9.83. The van der Waals surface area contributed by atoms with Gasteiger partial charge in [-0.25, -0.2) is 14.2 Å². The van der Waals surface area contributed by atoms with Gasteiger partial charge >= 0.3 is 11.9 Å². The number of aromatic amines is 1. The normalized spacial score (nSPS) is 15.3. The van der Waals surface area contributed by atoms with Crippen LogP contribution in [-0.2, 0) is 6.18 Å². The number of piperidine rings is 1. The van der Waals surface area contributed by atoms with E-state index in [2.05, 4.69) is 4.98 Å². The molecule has 1 aromatic carbocycles. The monoisotopic (exact) mass is 448 g/mol. The minimum atomic E-state index is -5.06. The van der Waals surface area contributed by atoms with E-state index in [1.807, 2.05) is 4.90 Å². The molecule has 0 spiro atoms. The number of hydrogen-bond acceptors (Lipinski definition) is 5. The van der Waals surface area contributed by atoms with Crippen LogP contribution < -0.4 is 16.1 Å². The first-order chi connectivity index (χ1) is 13.7. The van der Waals surface area contributed by atoms with Crippen molar-refractivity contribution in [2.75, 3.05) is 18.0 Å². The van der Waals surface area contributed by atoms with Crippen LogP contribution in [0.5, 0.6) is 0 Å². The van der Waals surface area contributed by atoms with Crippen molar-refractivity contribution < 1.29 is 17.6 Å². The number of H-pyrrole nitrogens is 1. The first kappa shape index (κ1) is 19.9. The summed E-state index contributed by atoms with van der Waals surface area (Å²) < 4.78 is 55.5. The molecule has 1 aliphatic rings. The van der Waals surface area contributed by atoms with Crippen LogP contribution in [0.2, 0.25) is 5.02 Å². The van der Waals surface area contributed by atoms with Gasteiger partial charge in [0.25, 0.3) is 5.56 Å². The van der Waals surface area contributed by atoms with Crippen LogP contribution >= 0.6 is 22.9 Å². The number of rotatable bonds is 2. The summed E-state index contributed by atoms with van der Waals surface area (Å²) in [4.78, 5) is 31.8. The molecule has 1 N–H and O–H groups in total. The molecule has 0 amide bonds. The Balaban J connectivity index is 2.04. The van der Waals surface area contributed by atoms with Crippen molar-refractivity contribution in [2.24, 2.45) is 0 Å². The molecule has 0 unspecified atom stereocenters. The molecule has 29 heavy (non-hydrogen) atoms. The van der Waals surface area contributed by atoms with Crippen molar-refractivity contribution in [3.05, 3.63) is 49.5 Å². The molecule has 0 bridgehead atoms. The number of thiazole rings is 1. The van der Waals surface area contributed by atoms with Crippen LogP contribution in [0.25, 0.3) is 15.9 Å². The van der Waals surface area contributed by atoms with Gasteiger partial charge in [0.2, 0.25) is 0 Å². The van der Waals surface area contributed by atoms with Crippen LogP contribution in [-0.4, -0.2) is 27.6 Å². The SMILES string of the molecule is O=c1cc(C(F)(F)F)n(-c2c(F)cc(Cl)c3nc(N4CCCCC4)sc23)c(=O)[nH]1. The van der Waals surface area contributed by atoms with E-state index in [-0.39, 0.29) is 25.9 Å². The van der Waals surface area contributed by atoms with E-state index in [0.29, 0.717) is 18.2 Å². The van der Waals surface area contributed by atoms with Gasteiger partial charge in [-0.05, 0) is 25.3 Å². The fraction of sp³-hybridized carbons (Fsp3) is 0.353. The number of nitrogens with zero attached hydrogens (tertiary/aromatic N) is 3. The summed E-state index contributed by atoms with van der Waals surface area (Å²) >= 11 is 7.04. The Morgan fingerprint density at radius 3 is 2.48 bits per heavy atom. The van der Waals surface area contributed by atoms with Crippen LogP contribution in [0.4, 0.5) is 22.7 Å². The third-order valence-corrected chi connectivity index (χ3v) is 6.03. The smallest absolute Gasteiger partial charge is 0.348 e. The van der Waals surface area contributed by atoms with Crippen LogP contribution in [0, 0.1) is 5.82 Å². The van der Waals surface area contributed by atoms with E-state index in [1.54, 1.807) is 4.98 Å². The van der Waals surface area contributed by atoms with Crippen LogP contribution in [0.3, 0.4) is 0 Å². The number of hydrogen-bond donors (Lipinski definition) is 1. The Labute approximate surface area is 169 Å². The van der Waals surface area contributed by atoms with E-state index >= 15 is 0 Å². The van der Waals surface area contributed by atoms with Gasteiger partial charge in [-0.2, -0.15) is 13.2 Å². The summed E-state index contributed by atoms with van der Waals surface area (Å²) in [5, 5.41) is 0.409. The molecule has 3 aromatic rings. The van der Waals surface area contributed by atoms with Crippen molar-refractivity contribution in [3.8, 4) is 5.69 Å². The molecule has 2 aromatic heterocycles. The quantitative estimate of drug-likeness (QED) is 0.603. The molecule has 154 valence electrons. The zero-order chi connectivity index (χ0) is 20.9. The summed E-state index contributed by atoms with van der Waals surface area (Å²) in [7, 11) is 0. The molecule has 12 heteroatoms. The Bertz CT molecular complexity index is 1210. The van der Waals surface area contributed by atoms with Gasteiger partial charge in [0.1, 0.15) is 22.7 Å². The number of alkyl halides is 3. The van der Waals surface area contributed by atoms with Gasteiger partial charge in [-0.15, -0.1) is 0 Å². The van der Waals surface area contributed by atoms with Crippen LogP contribution in [0.1, 0.15) is 25.0 Å². The maximum absolute atomic E-state index is 14.8. The summed E-state index contributed by atoms with van der Waals surface area (Å²) in [6.45, 7) is 1.42. The highest BCUT2D eigenvalue weighted by Gasteiger charge is 2.37. The molecule has 1 fully saturated rings. The fourth-order valence-electron chi connectivity index (χ4n) is 3.34. The van der Waals surface area contributed by atoms with Crippen molar-refractivity contribution in [1.82, 2.24) is 14.5 Å². The molecule has 3 heterocycles. The van der Waals surface area contributed by atoms with E-state index in [0.717, 1.165) is 36.7 Å². The maximum Gasteiger partial charge on any atom is 0.432 e. The maximum atomic E-state index is 14.8. The fourth-order valence-corrected chi connectivity index (χ4v) is 4.80. The summed E-state index contributed by atoms with van der Waals surface area (Å²) in [5.41, 5.74) is -4.76. The summed E-state index contributed by atoms with van der Waals surface area (Å²) in [6.07, 6.45) is -2.14. The highest BCUT2D eigenvalue weighted by atomic mass is 35.5. The third-order valence-electron chi connectivity index (χ3n) is 4.62. The molecule has 1 aliphatic heterocycles. The standard InChI is InChI=1S/C17H13ClF4N4O2S/c18-8-6-9(19)13(26-10(17(20,21)22)7-11(27)23-15(26)28)14-12(8)24-16(29-14)25-4-2-1-3-5-25/h6-7H,1-5H2,(H,23,27,28). The van der Waals surface area contributed by atoms with Gasteiger partial charge in [-0.1, -0.05) is 22.9 Å². The third kappa shape index (κ3) is 3.52. The van der Waals surface area contributed by atoms with Gasteiger partial charge in [-0.3, -0.25) is 14.3 Å². The topological polar surface area (TPSA) is 71.0 Å². The van der Waals surface area contributed by atoms with Gasteiger partial charge in [0, 0.05) is 19.2 Å². The molecule has 0 aliphatic carbocycles. The zero-order valence-electron chi connectivity index (χ0n) is 14.6. The van der Waals surface area contributed by atoms with E-state index in [9.17, 15) is 27.2 Å². The zero-order valence-corrected chi connectivity index (χ0v) is 16.2. The highest BCUT2D eigenvalue weighted by molar-refractivity contribution is 7.22. The second kappa shape index (κ2) is 7.13. The van der Waals surface area contributed by atoms with Crippen molar-refractivity contribution >= 4 is 38.3 Å². The second-order valence-electron chi connectivity index (χ2n) is 6.57. The van der Waals surface area contributed by atoms with Crippen LogP contribution in [0.15, 0.2) is 21.7 Å². The lowest BCUT2D eigenvalue weighted by atomic mass is 10.1. The van der Waals surface area contributed by atoms with Gasteiger partial charge < -0.3 is 4.90 Å². The molecule has 6 nitrogen and oxygen atoms in total. The van der Waals surface area contributed by atoms with Crippen molar-refractivity contribution in [1.29, 1.82) is 0 Å².